The van der Waals surface area contributed by atoms with Crippen molar-refractivity contribution in [2.24, 2.45) is 0 Å². The summed E-state index contributed by atoms with van der Waals surface area (Å²) >= 11 is 0. The standard InChI is InChI=1S/C9H11NO2/c11-8-7-4-2-1-3-6(7)5-10-9(8)12/h1-4,8-12H,5H2. The molecule has 2 rings (SSSR count). The second-order valence-electron chi connectivity index (χ2n) is 2.97. The number of fused-ring (bicyclic) bond motifs is 1. The van der Waals surface area contributed by atoms with Crippen LogP contribution in [0.1, 0.15) is 17.2 Å². The van der Waals surface area contributed by atoms with E-state index in [1.807, 2.05) is 24.3 Å². The van der Waals surface area contributed by atoms with Crippen LogP contribution in [0.5, 0.6) is 0 Å². The summed E-state index contributed by atoms with van der Waals surface area (Å²) < 4.78 is 0. The normalized spacial score (nSPS) is 28.2. The lowest BCUT2D eigenvalue weighted by molar-refractivity contribution is -0.0124. The summed E-state index contributed by atoms with van der Waals surface area (Å²) in [5, 5.41) is 21.6. The van der Waals surface area contributed by atoms with Gasteiger partial charge in [0.2, 0.25) is 0 Å². The maximum absolute atomic E-state index is 9.52. The van der Waals surface area contributed by atoms with Crippen LogP contribution in [0.25, 0.3) is 0 Å². The van der Waals surface area contributed by atoms with Gasteiger partial charge in [-0.05, 0) is 11.1 Å². The molecule has 0 fully saturated rings. The molecule has 1 aromatic rings. The molecule has 1 aliphatic rings. The maximum Gasteiger partial charge on any atom is 0.135 e. The van der Waals surface area contributed by atoms with Crippen molar-refractivity contribution in [1.29, 1.82) is 0 Å². The minimum Gasteiger partial charge on any atom is -0.384 e. The molecule has 0 saturated heterocycles. The van der Waals surface area contributed by atoms with Crippen LogP contribution in [-0.2, 0) is 6.54 Å². The number of benzene rings is 1. The van der Waals surface area contributed by atoms with Gasteiger partial charge in [-0.1, -0.05) is 24.3 Å². The molecule has 2 atom stereocenters. The molecule has 3 nitrogen and oxygen atoms in total. The highest BCUT2D eigenvalue weighted by Crippen LogP contribution is 2.23. The predicted molar refractivity (Wildman–Crippen MR) is 44.2 cm³/mol. The molecule has 64 valence electrons. The van der Waals surface area contributed by atoms with E-state index in [4.69, 9.17) is 0 Å². The van der Waals surface area contributed by atoms with Crippen molar-refractivity contribution in [3.63, 3.8) is 0 Å². The highest BCUT2D eigenvalue weighted by molar-refractivity contribution is 5.31. The van der Waals surface area contributed by atoms with Crippen molar-refractivity contribution in [3.8, 4) is 0 Å². The summed E-state index contributed by atoms with van der Waals surface area (Å²) in [6.07, 6.45) is -1.63. The molecular formula is C9H11NO2. The average Bonchev–Trinajstić information content (AvgIpc) is 2.12. The molecule has 0 aromatic heterocycles. The van der Waals surface area contributed by atoms with Crippen molar-refractivity contribution in [3.05, 3.63) is 35.4 Å². The summed E-state index contributed by atoms with van der Waals surface area (Å²) in [6, 6.07) is 7.56. The third-order valence-corrected chi connectivity index (χ3v) is 2.17. The number of hydrogen-bond acceptors (Lipinski definition) is 3. The average molecular weight is 165 g/mol. The Labute approximate surface area is 70.7 Å². The van der Waals surface area contributed by atoms with Crippen LogP contribution in [0, 0.1) is 0 Å². The van der Waals surface area contributed by atoms with Crippen molar-refractivity contribution < 1.29 is 10.2 Å². The Morgan fingerprint density at radius 3 is 2.83 bits per heavy atom. The van der Waals surface area contributed by atoms with Crippen molar-refractivity contribution in [2.75, 3.05) is 0 Å². The SMILES string of the molecule is OC1NCc2ccccc2C1O. The third-order valence-electron chi connectivity index (χ3n) is 2.17. The lowest BCUT2D eigenvalue weighted by atomic mass is 9.98. The highest BCUT2D eigenvalue weighted by atomic mass is 16.3. The first-order valence-corrected chi connectivity index (χ1v) is 3.96. The zero-order valence-corrected chi connectivity index (χ0v) is 6.57. The van der Waals surface area contributed by atoms with Crippen LogP contribution in [0.4, 0.5) is 0 Å². The second-order valence-corrected chi connectivity index (χ2v) is 2.97. The molecule has 1 heterocycles. The van der Waals surface area contributed by atoms with Gasteiger partial charge in [0.1, 0.15) is 12.3 Å². The van der Waals surface area contributed by atoms with Gasteiger partial charge in [-0.25, -0.2) is 0 Å². The molecule has 3 heteroatoms. The van der Waals surface area contributed by atoms with Crippen LogP contribution < -0.4 is 5.32 Å². The fourth-order valence-electron chi connectivity index (χ4n) is 1.48. The van der Waals surface area contributed by atoms with Gasteiger partial charge < -0.3 is 10.2 Å². The number of rotatable bonds is 0. The number of aliphatic hydroxyl groups excluding tert-OH is 2. The summed E-state index contributed by atoms with van der Waals surface area (Å²) in [7, 11) is 0. The quantitative estimate of drug-likeness (QED) is 0.512. The Balaban J connectivity index is 2.42. The Kier molecular flexibility index (Phi) is 1.84. The van der Waals surface area contributed by atoms with E-state index in [2.05, 4.69) is 5.32 Å². The smallest absolute Gasteiger partial charge is 0.135 e. The van der Waals surface area contributed by atoms with Gasteiger partial charge in [-0.2, -0.15) is 0 Å². The lowest BCUT2D eigenvalue weighted by Gasteiger charge is -2.27. The van der Waals surface area contributed by atoms with Crippen molar-refractivity contribution in [2.45, 2.75) is 18.9 Å². The molecule has 2 unspecified atom stereocenters. The Hall–Kier alpha value is -0.900. The van der Waals surface area contributed by atoms with Crippen LogP contribution in [-0.4, -0.2) is 16.4 Å². The minimum absolute atomic E-state index is 0.619. The molecule has 1 aliphatic heterocycles. The van der Waals surface area contributed by atoms with E-state index < -0.39 is 12.3 Å². The molecule has 0 saturated carbocycles. The first-order chi connectivity index (χ1) is 5.79. The Morgan fingerprint density at radius 2 is 2.00 bits per heavy atom. The van der Waals surface area contributed by atoms with Crippen LogP contribution in [0.15, 0.2) is 24.3 Å². The third kappa shape index (κ3) is 1.12. The summed E-state index contributed by atoms with van der Waals surface area (Å²) in [6.45, 7) is 0.619. The minimum atomic E-state index is -0.833. The van der Waals surface area contributed by atoms with Crippen molar-refractivity contribution in [1.82, 2.24) is 5.32 Å². The topological polar surface area (TPSA) is 52.5 Å². The van der Waals surface area contributed by atoms with E-state index in [9.17, 15) is 10.2 Å². The molecule has 3 N–H and O–H groups in total. The fraction of sp³-hybridized carbons (Fsp3) is 0.333. The molecule has 0 amide bonds. The Bertz CT molecular complexity index is 288. The zero-order chi connectivity index (χ0) is 8.55. The molecule has 0 bridgehead atoms. The highest BCUT2D eigenvalue weighted by Gasteiger charge is 2.24. The van der Waals surface area contributed by atoms with Gasteiger partial charge in [0, 0.05) is 6.54 Å². The fourth-order valence-corrected chi connectivity index (χ4v) is 1.48. The van der Waals surface area contributed by atoms with Crippen molar-refractivity contribution >= 4 is 0 Å². The monoisotopic (exact) mass is 165 g/mol. The molecule has 0 radical (unpaired) electrons. The molecule has 12 heavy (non-hydrogen) atoms. The number of aliphatic hydroxyl groups is 2. The second kappa shape index (κ2) is 2.86. The van der Waals surface area contributed by atoms with Crippen LogP contribution >= 0.6 is 0 Å². The Morgan fingerprint density at radius 1 is 1.25 bits per heavy atom. The number of hydrogen-bond donors (Lipinski definition) is 3. The van der Waals surface area contributed by atoms with E-state index in [0.29, 0.717) is 6.54 Å². The van der Waals surface area contributed by atoms with Crippen LogP contribution in [0.3, 0.4) is 0 Å². The van der Waals surface area contributed by atoms with Gasteiger partial charge in [-0.15, -0.1) is 0 Å². The van der Waals surface area contributed by atoms with E-state index in [1.165, 1.54) is 0 Å². The van der Waals surface area contributed by atoms with Gasteiger partial charge in [-0.3, -0.25) is 5.32 Å². The lowest BCUT2D eigenvalue weighted by Crippen LogP contribution is -2.38. The summed E-state index contributed by atoms with van der Waals surface area (Å²) in [5.41, 5.74) is 1.87. The number of nitrogens with one attached hydrogen (secondary N) is 1. The van der Waals surface area contributed by atoms with Gasteiger partial charge >= 0.3 is 0 Å². The first kappa shape index (κ1) is 7.73. The van der Waals surface area contributed by atoms with E-state index in [-0.39, 0.29) is 0 Å². The van der Waals surface area contributed by atoms with Gasteiger partial charge in [0.05, 0.1) is 0 Å². The van der Waals surface area contributed by atoms with Gasteiger partial charge in [0.15, 0.2) is 0 Å². The van der Waals surface area contributed by atoms with Crippen LogP contribution in [0.2, 0.25) is 0 Å². The molecule has 1 aromatic carbocycles. The first-order valence-electron chi connectivity index (χ1n) is 3.96. The van der Waals surface area contributed by atoms with E-state index >= 15 is 0 Å². The summed E-state index contributed by atoms with van der Waals surface area (Å²) in [4.78, 5) is 0. The molecule has 0 aliphatic carbocycles. The molecule has 0 spiro atoms. The molecular weight excluding hydrogens is 154 g/mol. The maximum atomic E-state index is 9.52. The largest absolute Gasteiger partial charge is 0.384 e. The van der Waals surface area contributed by atoms with Gasteiger partial charge in [0.25, 0.3) is 0 Å². The predicted octanol–water partition coefficient (Wildman–Crippen LogP) is 0.142. The zero-order valence-electron chi connectivity index (χ0n) is 6.57. The van der Waals surface area contributed by atoms with E-state index in [1.54, 1.807) is 0 Å². The van der Waals surface area contributed by atoms with E-state index in [0.717, 1.165) is 11.1 Å². The summed E-state index contributed by atoms with van der Waals surface area (Å²) in [5.74, 6) is 0.